The van der Waals surface area contributed by atoms with Gasteiger partial charge < -0.3 is 19.1 Å². The largest absolute Gasteiger partial charge is 0.495 e. The number of carbonyl (C=O) groups excluding carboxylic acids is 2. The average molecular weight is 509 g/mol. The number of sulfonamides is 1. The minimum absolute atomic E-state index is 0.0331. The van der Waals surface area contributed by atoms with Gasteiger partial charge in [0.15, 0.2) is 0 Å². The number of hydrogen-bond acceptors (Lipinski definition) is 7. The van der Waals surface area contributed by atoms with Crippen LogP contribution >= 0.6 is 11.6 Å². The molecule has 1 fully saturated rings. The highest BCUT2D eigenvalue weighted by Gasteiger charge is 2.39. The number of para-hydroxylation sites is 2. The molecule has 34 heavy (non-hydrogen) atoms. The molecule has 0 aliphatic carbocycles. The lowest BCUT2D eigenvalue weighted by Gasteiger charge is -2.37. The Hall–Kier alpha value is -2.82. The highest BCUT2D eigenvalue weighted by Crippen LogP contribution is 2.36. The molecule has 11 heteroatoms. The van der Waals surface area contributed by atoms with Gasteiger partial charge in [-0.05, 0) is 43.2 Å². The minimum atomic E-state index is -3.77. The number of esters is 1. The van der Waals surface area contributed by atoms with E-state index in [9.17, 15) is 18.0 Å². The summed E-state index contributed by atoms with van der Waals surface area (Å²) in [5.41, 5.74) is 0.579. The number of fused-ring (bicyclic) bond motifs is 1. The highest BCUT2D eigenvalue weighted by atomic mass is 35.5. The van der Waals surface area contributed by atoms with E-state index in [0.29, 0.717) is 30.0 Å². The van der Waals surface area contributed by atoms with Crippen molar-refractivity contribution < 1.29 is 32.2 Å². The van der Waals surface area contributed by atoms with Crippen molar-refractivity contribution in [2.45, 2.75) is 23.8 Å². The molecule has 4 rings (SSSR count). The minimum Gasteiger partial charge on any atom is -0.495 e. The van der Waals surface area contributed by atoms with Crippen molar-refractivity contribution >= 4 is 39.2 Å². The Morgan fingerprint density at radius 3 is 2.44 bits per heavy atom. The van der Waals surface area contributed by atoms with E-state index < -0.39 is 28.0 Å². The Kier molecular flexibility index (Phi) is 7.01. The predicted molar refractivity (Wildman–Crippen MR) is 125 cm³/mol. The molecule has 0 aromatic heterocycles. The van der Waals surface area contributed by atoms with Crippen LogP contribution in [0.25, 0.3) is 0 Å². The van der Waals surface area contributed by atoms with Gasteiger partial charge in [0.2, 0.25) is 22.0 Å². The van der Waals surface area contributed by atoms with Gasteiger partial charge in [-0.3, -0.25) is 4.79 Å². The summed E-state index contributed by atoms with van der Waals surface area (Å²) in [6.07, 6.45) is -0.224. The highest BCUT2D eigenvalue weighted by molar-refractivity contribution is 7.89. The fourth-order valence-electron chi connectivity index (χ4n) is 4.22. The first-order valence-electron chi connectivity index (χ1n) is 10.7. The zero-order valence-electron chi connectivity index (χ0n) is 18.8. The molecule has 1 atom stereocenters. The van der Waals surface area contributed by atoms with Gasteiger partial charge >= 0.3 is 5.97 Å². The van der Waals surface area contributed by atoms with E-state index in [1.165, 1.54) is 36.7 Å². The van der Waals surface area contributed by atoms with Gasteiger partial charge in [0.25, 0.3) is 0 Å². The number of halogens is 1. The van der Waals surface area contributed by atoms with Gasteiger partial charge in [-0.25, -0.2) is 13.2 Å². The number of amides is 1. The number of rotatable bonds is 5. The summed E-state index contributed by atoms with van der Waals surface area (Å²) in [6, 6.07) is 11.3. The molecule has 0 N–H and O–H groups in total. The Morgan fingerprint density at radius 1 is 1.09 bits per heavy atom. The summed E-state index contributed by atoms with van der Waals surface area (Å²) in [6.45, 7) is 0.412. The van der Waals surface area contributed by atoms with Crippen LogP contribution in [0.1, 0.15) is 12.8 Å². The molecule has 182 valence electrons. The Morgan fingerprint density at radius 2 is 1.79 bits per heavy atom. The monoisotopic (exact) mass is 508 g/mol. The van der Waals surface area contributed by atoms with E-state index in [-0.39, 0.29) is 35.5 Å². The topological polar surface area (TPSA) is 102 Å². The van der Waals surface area contributed by atoms with E-state index in [0.717, 1.165) is 0 Å². The second kappa shape index (κ2) is 9.81. The number of hydrogen-bond donors (Lipinski definition) is 0. The first kappa shape index (κ1) is 24.3. The van der Waals surface area contributed by atoms with Gasteiger partial charge in [0.1, 0.15) is 11.5 Å². The number of ether oxygens (including phenoxy) is 3. The molecule has 2 aliphatic heterocycles. The molecular weight excluding hydrogens is 484 g/mol. The quantitative estimate of drug-likeness (QED) is 0.572. The Balaban J connectivity index is 1.48. The van der Waals surface area contributed by atoms with Gasteiger partial charge in [0, 0.05) is 19.0 Å². The third kappa shape index (κ3) is 4.57. The maximum Gasteiger partial charge on any atom is 0.348 e. The van der Waals surface area contributed by atoms with Gasteiger partial charge in [-0.15, -0.1) is 0 Å². The second-order valence-corrected chi connectivity index (χ2v) is 10.4. The van der Waals surface area contributed by atoms with Gasteiger partial charge in [0.05, 0.1) is 36.4 Å². The van der Waals surface area contributed by atoms with Crippen LogP contribution in [-0.4, -0.2) is 64.6 Å². The fraction of sp³-hybridized carbons (Fsp3) is 0.391. The SMILES string of the molecule is COC(=O)[C@H]1CN(C(=O)C2CCN(S(=O)(=O)c3ccc(OC)c(Cl)c3)CC2)c2ccccc2O1. The lowest BCUT2D eigenvalue weighted by molar-refractivity contribution is -0.148. The maximum absolute atomic E-state index is 13.4. The molecule has 2 aliphatic rings. The van der Waals surface area contributed by atoms with Crippen molar-refractivity contribution in [1.29, 1.82) is 0 Å². The number of methoxy groups -OCH3 is 2. The van der Waals surface area contributed by atoms with E-state index in [2.05, 4.69) is 0 Å². The molecule has 0 spiro atoms. The smallest absolute Gasteiger partial charge is 0.348 e. The average Bonchev–Trinajstić information content (AvgIpc) is 2.87. The van der Waals surface area contributed by atoms with Crippen molar-refractivity contribution in [3.05, 3.63) is 47.5 Å². The van der Waals surface area contributed by atoms with Crippen molar-refractivity contribution in [1.82, 2.24) is 4.31 Å². The molecule has 2 aromatic carbocycles. The van der Waals surface area contributed by atoms with Crippen molar-refractivity contribution in [2.75, 3.05) is 38.8 Å². The number of benzene rings is 2. The maximum atomic E-state index is 13.4. The second-order valence-electron chi connectivity index (χ2n) is 8.02. The number of carbonyl (C=O) groups is 2. The Bertz CT molecular complexity index is 1200. The summed E-state index contributed by atoms with van der Waals surface area (Å²) >= 11 is 6.11. The molecule has 2 heterocycles. The van der Waals surface area contributed by atoms with Crippen LogP contribution in [-0.2, 0) is 24.3 Å². The number of piperidine rings is 1. The fourth-order valence-corrected chi connectivity index (χ4v) is 6.04. The van der Waals surface area contributed by atoms with E-state index >= 15 is 0 Å². The molecular formula is C23H25ClN2O7S. The lowest BCUT2D eigenvalue weighted by Crippen LogP contribution is -2.51. The molecule has 0 saturated carbocycles. The van der Waals surface area contributed by atoms with E-state index in [1.54, 1.807) is 29.2 Å². The third-order valence-corrected chi connectivity index (χ3v) is 8.26. The summed E-state index contributed by atoms with van der Waals surface area (Å²) < 4.78 is 43.2. The lowest BCUT2D eigenvalue weighted by atomic mass is 9.95. The summed E-state index contributed by atoms with van der Waals surface area (Å²) in [5.74, 6) is -0.314. The van der Waals surface area contributed by atoms with Gasteiger partial charge in [-0.1, -0.05) is 23.7 Å². The van der Waals surface area contributed by atoms with Crippen LogP contribution < -0.4 is 14.4 Å². The van der Waals surface area contributed by atoms with E-state index in [4.69, 9.17) is 25.8 Å². The molecule has 0 unspecified atom stereocenters. The molecule has 1 saturated heterocycles. The predicted octanol–water partition coefficient (Wildman–Crippen LogP) is 2.72. The molecule has 0 radical (unpaired) electrons. The zero-order chi connectivity index (χ0) is 24.5. The molecule has 1 amide bonds. The van der Waals surface area contributed by atoms with Crippen LogP contribution in [0, 0.1) is 5.92 Å². The van der Waals surface area contributed by atoms with Crippen LogP contribution in [0.5, 0.6) is 11.5 Å². The zero-order valence-corrected chi connectivity index (χ0v) is 20.3. The third-order valence-electron chi connectivity index (χ3n) is 6.07. The molecule has 9 nitrogen and oxygen atoms in total. The molecule has 2 aromatic rings. The van der Waals surface area contributed by atoms with Crippen molar-refractivity contribution in [3.8, 4) is 11.5 Å². The standard InChI is InChI=1S/C23H25ClN2O7S/c1-31-19-8-7-16(13-17(19)24)34(29,30)25-11-9-15(10-12-25)22(27)26-14-21(23(28)32-2)33-20-6-4-3-5-18(20)26/h3-8,13,15,21H,9-12,14H2,1-2H3/t21-/m1/s1. The van der Waals surface area contributed by atoms with Crippen LogP contribution in [0.15, 0.2) is 47.4 Å². The number of nitrogens with zero attached hydrogens (tertiary/aromatic N) is 2. The van der Waals surface area contributed by atoms with Crippen LogP contribution in [0.2, 0.25) is 5.02 Å². The van der Waals surface area contributed by atoms with Gasteiger partial charge in [-0.2, -0.15) is 4.31 Å². The normalized spacial score (nSPS) is 19.1. The van der Waals surface area contributed by atoms with Crippen molar-refractivity contribution in [2.24, 2.45) is 5.92 Å². The summed E-state index contributed by atoms with van der Waals surface area (Å²) in [5, 5.41) is 0.208. The first-order chi connectivity index (χ1) is 16.3. The molecule has 0 bridgehead atoms. The summed E-state index contributed by atoms with van der Waals surface area (Å²) in [4.78, 5) is 27.1. The van der Waals surface area contributed by atoms with Crippen LogP contribution in [0.4, 0.5) is 5.69 Å². The first-order valence-corrected chi connectivity index (χ1v) is 12.6. The van der Waals surface area contributed by atoms with Crippen LogP contribution in [0.3, 0.4) is 0 Å². The van der Waals surface area contributed by atoms with E-state index in [1.807, 2.05) is 0 Å². The van der Waals surface area contributed by atoms with Crippen molar-refractivity contribution in [3.63, 3.8) is 0 Å². The Labute approximate surface area is 203 Å². The number of anilines is 1. The summed E-state index contributed by atoms with van der Waals surface area (Å²) in [7, 11) is -1.04.